The Hall–Kier alpha value is -1.98. The number of benzene rings is 1. The monoisotopic (exact) mass is 228 g/mol. The van der Waals surface area contributed by atoms with Gasteiger partial charge in [0.15, 0.2) is 0 Å². The number of hydrogen-bond donors (Lipinski definition) is 1. The zero-order chi connectivity index (χ0) is 11.6. The van der Waals surface area contributed by atoms with Gasteiger partial charge in [0.1, 0.15) is 11.6 Å². The molecule has 1 N–H and O–H groups in total. The topological polar surface area (TPSA) is 121 Å². The van der Waals surface area contributed by atoms with E-state index in [1.54, 1.807) is 0 Å². The summed E-state index contributed by atoms with van der Waals surface area (Å²) in [6.07, 6.45) is 0. The molecule has 0 heterocycles. The van der Waals surface area contributed by atoms with Gasteiger partial charge in [-0.25, -0.2) is 0 Å². The summed E-state index contributed by atoms with van der Waals surface area (Å²) in [5.41, 5.74) is -0.931. The van der Waals surface area contributed by atoms with Crippen LogP contribution in [0, 0.1) is 21.4 Å². The number of nitriles is 1. The average molecular weight is 228 g/mol. The minimum atomic E-state index is -4.45. The SMILES string of the molecule is N#Cc1cc(S(=O)(=O)O)ccc1[N+](=O)[O-]. The molecule has 0 aliphatic carbocycles. The number of nitro benzene ring substituents is 1. The van der Waals surface area contributed by atoms with Gasteiger partial charge in [-0.1, -0.05) is 0 Å². The molecule has 0 bridgehead atoms. The second kappa shape index (κ2) is 3.64. The first kappa shape index (κ1) is 11.1. The van der Waals surface area contributed by atoms with Gasteiger partial charge >= 0.3 is 0 Å². The van der Waals surface area contributed by atoms with Crippen molar-refractivity contribution in [3.8, 4) is 6.07 Å². The molecule has 1 aromatic carbocycles. The lowest BCUT2D eigenvalue weighted by Gasteiger charge is -1.98. The van der Waals surface area contributed by atoms with Gasteiger partial charge in [-0.2, -0.15) is 13.7 Å². The standard InChI is InChI=1S/C7H4N2O5S/c8-4-5-3-6(15(12,13)14)1-2-7(5)9(10)11/h1-3H,(H,12,13,14). The molecule has 0 radical (unpaired) electrons. The lowest BCUT2D eigenvalue weighted by Crippen LogP contribution is -2.00. The van der Waals surface area contributed by atoms with Crippen LogP contribution in [0.2, 0.25) is 0 Å². The average Bonchev–Trinajstić information content (AvgIpc) is 2.15. The lowest BCUT2D eigenvalue weighted by molar-refractivity contribution is -0.385. The van der Waals surface area contributed by atoms with E-state index in [4.69, 9.17) is 9.81 Å². The summed E-state index contributed by atoms with van der Waals surface area (Å²) in [5, 5.41) is 18.9. The Bertz CT molecular complexity index is 557. The molecule has 0 amide bonds. The summed E-state index contributed by atoms with van der Waals surface area (Å²) in [7, 11) is -4.45. The van der Waals surface area contributed by atoms with Gasteiger partial charge in [-0.3, -0.25) is 14.7 Å². The summed E-state index contributed by atoms with van der Waals surface area (Å²) in [4.78, 5) is 9.02. The van der Waals surface area contributed by atoms with Crippen molar-refractivity contribution in [3.63, 3.8) is 0 Å². The Morgan fingerprint density at radius 2 is 2.07 bits per heavy atom. The largest absolute Gasteiger partial charge is 0.294 e. The van der Waals surface area contributed by atoms with Crippen molar-refractivity contribution in [2.24, 2.45) is 0 Å². The Balaban J connectivity index is 3.47. The molecule has 7 nitrogen and oxygen atoms in total. The molecule has 1 aromatic rings. The van der Waals surface area contributed by atoms with Gasteiger partial charge in [0.2, 0.25) is 0 Å². The van der Waals surface area contributed by atoms with Crippen LogP contribution in [0.25, 0.3) is 0 Å². The highest BCUT2D eigenvalue weighted by molar-refractivity contribution is 7.85. The highest BCUT2D eigenvalue weighted by atomic mass is 32.2. The molecular weight excluding hydrogens is 224 g/mol. The first-order chi connectivity index (χ1) is 6.86. The smallest absolute Gasteiger partial charge is 0.282 e. The van der Waals surface area contributed by atoms with Gasteiger partial charge in [-0.15, -0.1) is 0 Å². The van der Waals surface area contributed by atoms with Crippen molar-refractivity contribution in [2.45, 2.75) is 4.90 Å². The Morgan fingerprint density at radius 1 is 1.47 bits per heavy atom. The van der Waals surface area contributed by atoms with Crippen LogP contribution in [0.5, 0.6) is 0 Å². The van der Waals surface area contributed by atoms with Crippen LogP contribution in [-0.4, -0.2) is 17.9 Å². The van der Waals surface area contributed by atoms with E-state index < -0.39 is 31.2 Å². The van der Waals surface area contributed by atoms with Crippen LogP contribution >= 0.6 is 0 Å². The maximum Gasteiger partial charge on any atom is 0.294 e. The Labute approximate surface area is 84.5 Å². The normalized spacial score (nSPS) is 10.7. The predicted molar refractivity (Wildman–Crippen MR) is 47.6 cm³/mol. The van der Waals surface area contributed by atoms with Gasteiger partial charge < -0.3 is 0 Å². The first-order valence-corrected chi connectivity index (χ1v) is 4.96. The van der Waals surface area contributed by atoms with Crippen molar-refractivity contribution >= 4 is 15.8 Å². The van der Waals surface area contributed by atoms with Crippen molar-refractivity contribution in [1.29, 1.82) is 5.26 Å². The quantitative estimate of drug-likeness (QED) is 0.452. The first-order valence-electron chi connectivity index (χ1n) is 3.52. The van der Waals surface area contributed by atoms with Gasteiger partial charge in [-0.05, 0) is 12.1 Å². The molecule has 0 atom stereocenters. The lowest BCUT2D eigenvalue weighted by atomic mass is 10.2. The van der Waals surface area contributed by atoms with Crippen LogP contribution in [0.15, 0.2) is 23.1 Å². The van der Waals surface area contributed by atoms with Crippen LogP contribution < -0.4 is 0 Å². The molecule has 78 valence electrons. The summed E-state index contributed by atoms with van der Waals surface area (Å²) in [5.74, 6) is 0. The fourth-order valence-corrected chi connectivity index (χ4v) is 1.43. The van der Waals surface area contributed by atoms with E-state index in [1.165, 1.54) is 6.07 Å². The van der Waals surface area contributed by atoms with Gasteiger partial charge in [0, 0.05) is 6.07 Å². The number of nitrogens with zero attached hydrogens (tertiary/aromatic N) is 2. The van der Waals surface area contributed by atoms with Gasteiger partial charge in [0.05, 0.1) is 9.82 Å². The van der Waals surface area contributed by atoms with E-state index in [2.05, 4.69) is 0 Å². The zero-order valence-electron chi connectivity index (χ0n) is 7.11. The maximum atomic E-state index is 10.7. The van der Waals surface area contributed by atoms with E-state index in [0.29, 0.717) is 0 Å². The molecule has 0 saturated heterocycles. The third kappa shape index (κ3) is 2.28. The minimum Gasteiger partial charge on any atom is -0.282 e. The van der Waals surface area contributed by atoms with Crippen LogP contribution in [-0.2, 0) is 10.1 Å². The number of hydrogen-bond acceptors (Lipinski definition) is 5. The summed E-state index contributed by atoms with van der Waals surface area (Å²) in [6.45, 7) is 0. The molecule has 0 spiro atoms. The molecule has 8 heteroatoms. The zero-order valence-corrected chi connectivity index (χ0v) is 7.93. The van der Waals surface area contributed by atoms with E-state index in [9.17, 15) is 18.5 Å². The fourth-order valence-electron chi connectivity index (χ4n) is 0.924. The van der Waals surface area contributed by atoms with Crippen molar-refractivity contribution < 1.29 is 17.9 Å². The van der Waals surface area contributed by atoms with E-state index in [1.807, 2.05) is 0 Å². The number of nitro groups is 1. The fraction of sp³-hybridized carbons (Fsp3) is 0. The molecule has 0 aliphatic rings. The molecule has 15 heavy (non-hydrogen) atoms. The molecule has 0 unspecified atom stereocenters. The third-order valence-electron chi connectivity index (χ3n) is 1.58. The van der Waals surface area contributed by atoms with E-state index in [-0.39, 0.29) is 0 Å². The molecule has 0 fully saturated rings. The molecule has 1 rings (SSSR count). The van der Waals surface area contributed by atoms with Crippen LogP contribution in [0.1, 0.15) is 5.56 Å². The molecule has 0 aliphatic heterocycles. The summed E-state index contributed by atoms with van der Waals surface area (Å²) >= 11 is 0. The summed E-state index contributed by atoms with van der Waals surface area (Å²) in [6, 6.07) is 3.92. The number of rotatable bonds is 2. The van der Waals surface area contributed by atoms with Crippen molar-refractivity contribution in [2.75, 3.05) is 0 Å². The minimum absolute atomic E-state index is 0.421. The Morgan fingerprint density at radius 3 is 2.47 bits per heavy atom. The van der Waals surface area contributed by atoms with E-state index in [0.717, 1.165) is 18.2 Å². The van der Waals surface area contributed by atoms with Crippen LogP contribution in [0.3, 0.4) is 0 Å². The highest BCUT2D eigenvalue weighted by Crippen LogP contribution is 2.21. The maximum absolute atomic E-state index is 10.7. The second-order valence-corrected chi connectivity index (χ2v) is 3.94. The second-order valence-electron chi connectivity index (χ2n) is 2.52. The van der Waals surface area contributed by atoms with Crippen molar-refractivity contribution in [3.05, 3.63) is 33.9 Å². The van der Waals surface area contributed by atoms with E-state index >= 15 is 0 Å². The van der Waals surface area contributed by atoms with Crippen LogP contribution in [0.4, 0.5) is 5.69 Å². The third-order valence-corrected chi connectivity index (χ3v) is 2.43. The molecule has 0 saturated carbocycles. The highest BCUT2D eigenvalue weighted by Gasteiger charge is 2.18. The summed E-state index contributed by atoms with van der Waals surface area (Å²) < 4.78 is 29.9. The molecule has 0 aromatic heterocycles. The van der Waals surface area contributed by atoms with Crippen molar-refractivity contribution in [1.82, 2.24) is 0 Å². The molecular formula is C7H4N2O5S. The van der Waals surface area contributed by atoms with Gasteiger partial charge in [0.25, 0.3) is 15.8 Å². The predicted octanol–water partition coefficient (Wildman–Crippen LogP) is 0.713. The Kier molecular flexibility index (Phi) is 2.69.